The molecule has 1 aliphatic rings. The van der Waals surface area contributed by atoms with Gasteiger partial charge in [-0.1, -0.05) is 25.1 Å². The number of benzene rings is 1. The van der Waals surface area contributed by atoms with Crippen molar-refractivity contribution >= 4 is 9.84 Å². The molecule has 5 heteroatoms. The van der Waals surface area contributed by atoms with Crippen LogP contribution in [0.4, 0.5) is 0 Å². The number of hydrogen-bond acceptors (Lipinski definition) is 4. The topological polar surface area (TPSA) is 55.4 Å². The first-order chi connectivity index (χ1) is 9.11. The van der Waals surface area contributed by atoms with Crippen molar-refractivity contribution in [2.24, 2.45) is 0 Å². The molecule has 1 N–H and O–H groups in total. The molecule has 1 saturated heterocycles. The maximum Gasteiger partial charge on any atom is 0.154 e. The second-order valence-corrected chi connectivity index (χ2v) is 7.16. The minimum atomic E-state index is -2.89. The van der Waals surface area contributed by atoms with E-state index in [0.29, 0.717) is 6.42 Å². The predicted octanol–water partition coefficient (Wildman–Crippen LogP) is 1.75. The van der Waals surface area contributed by atoms with Crippen molar-refractivity contribution in [3.8, 4) is 5.75 Å². The smallest absolute Gasteiger partial charge is 0.154 e. The Hall–Kier alpha value is -1.07. The van der Waals surface area contributed by atoms with Crippen LogP contribution in [0.1, 0.15) is 25.3 Å². The minimum Gasteiger partial charge on any atom is -0.489 e. The third-order valence-electron chi connectivity index (χ3n) is 3.20. The average molecular weight is 283 g/mol. The normalized spacial score (nSPS) is 21.4. The molecular formula is C14H21NO3S. The lowest BCUT2D eigenvalue weighted by molar-refractivity contribution is 0.226. The molecule has 0 radical (unpaired) electrons. The molecule has 4 nitrogen and oxygen atoms in total. The zero-order valence-corrected chi connectivity index (χ0v) is 12.1. The Morgan fingerprint density at radius 1 is 1.37 bits per heavy atom. The van der Waals surface area contributed by atoms with Crippen LogP contribution in [-0.4, -0.2) is 32.6 Å². The van der Waals surface area contributed by atoms with Crippen molar-refractivity contribution in [3.05, 3.63) is 29.8 Å². The molecule has 0 amide bonds. The van der Waals surface area contributed by atoms with Crippen molar-refractivity contribution in [1.82, 2.24) is 5.32 Å². The van der Waals surface area contributed by atoms with Crippen LogP contribution >= 0.6 is 0 Å². The molecule has 0 saturated carbocycles. The van der Waals surface area contributed by atoms with Gasteiger partial charge in [0.1, 0.15) is 11.9 Å². The number of ether oxygens (including phenoxy) is 1. The van der Waals surface area contributed by atoms with Crippen LogP contribution in [0.25, 0.3) is 0 Å². The quantitative estimate of drug-likeness (QED) is 0.808. The molecule has 0 aliphatic carbocycles. The molecule has 2 rings (SSSR count). The van der Waals surface area contributed by atoms with Gasteiger partial charge in [-0.05, 0) is 25.5 Å². The van der Waals surface area contributed by atoms with E-state index >= 15 is 0 Å². The Bertz CT molecular complexity index is 513. The van der Waals surface area contributed by atoms with Crippen LogP contribution in [0.2, 0.25) is 0 Å². The highest BCUT2D eigenvalue weighted by Crippen LogP contribution is 2.23. The summed E-state index contributed by atoms with van der Waals surface area (Å²) in [6, 6.07) is 7.82. The van der Waals surface area contributed by atoms with Gasteiger partial charge in [0.05, 0.1) is 11.5 Å². The summed E-state index contributed by atoms with van der Waals surface area (Å²) >= 11 is 0. The first-order valence-electron chi connectivity index (χ1n) is 6.76. The first kappa shape index (κ1) is 14.3. The highest BCUT2D eigenvalue weighted by molar-refractivity contribution is 7.91. The Kier molecular flexibility index (Phi) is 4.82. The summed E-state index contributed by atoms with van der Waals surface area (Å²) in [7, 11) is -2.89. The van der Waals surface area contributed by atoms with Gasteiger partial charge in [0, 0.05) is 12.1 Å². The highest BCUT2D eigenvalue weighted by Gasteiger charge is 2.29. The molecule has 1 aliphatic heterocycles. The molecule has 1 heterocycles. The lowest BCUT2D eigenvalue weighted by Gasteiger charge is -2.16. The fourth-order valence-corrected chi connectivity index (χ4v) is 3.79. The van der Waals surface area contributed by atoms with Gasteiger partial charge in [0.2, 0.25) is 0 Å². The van der Waals surface area contributed by atoms with Crippen LogP contribution < -0.4 is 10.1 Å². The fourth-order valence-electron chi connectivity index (χ4n) is 2.20. The number of sulfone groups is 1. The minimum absolute atomic E-state index is 0.143. The Labute approximate surface area is 115 Å². The van der Waals surface area contributed by atoms with Gasteiger partial charge in [0.15, 0.2) is 9.84 Å². The average Bonchev–Trinajstić information content (AvgIpc) is 2.71. The van der Waals surface area contributed by atoms with Gasteiger partial charge in [-0.2, -0.15) is 0 Å². The van der Waals surface area contributed by atoms with E-state index in [2.05, 4.69) is 12.2 Å². The largest absolute Gasteiger partial charge is 0.489 e. The molecule has 0 bridgehead atoms. The second kappa shape index (κ2) is 6.39. The summed E-state index contributed by atoms with van der Waals surface area (Å²) in [6.07, 6.45) is 1.49. The van der Waals surface area contributed by atoms with Gasteiger partial charge >= 0.3 is 0 Å². The van der Waals surface area contributed by atoms with Crippen LogP contribution in [0.5, 0.6) is 5.75 Å². The number of para-hydroxylation sites is 1. The van der Waals surface area contributed by atoms with Crippen molar-refractivity contribution in [3.63, 3.8) is 0 Å². The standard InChI is InChI=1S/C14H21NO3S/c1-2-8-15-10-12-5-3-4-6-14(12)18-13-7-9-19(16,17)11-13/h3-6,13,15H,2,7-11H2,1H3. The molecule has 19 heavy (non-hydrogen) atoms. The van der Waals surface area contributed by atoms with Gasteiger partial charge in [-0.3, -0.25) is 0 Å². The molecule has 0 spiro atoms. The second-order valence-electron chi connectivity index (χ2n) is 4.93. The van der Waals surface area contributed by atoms with Crippen molar-refractivity contribution in [1.29, 1.82) is 0 Å². The molecule has 1 aromatic rings. The van der Waals surface area contributed by atoms with E-state index in [9.17, 15) is 8.42 Å². The summed E-state index contributed by atoms with van der Waals surface area (Å²) in [5, 5.41) is 3.33. The Morgan fingerprint density at radius 2 is 2.16 bits per heavy atom. The van der Waals surface area contributed by atoms with Crippen molar-refractivity contribution in [2.45, 2.75) is 32.4 Å². The number of nitrogens with one attached hydrogen (secondary N) is 1. The third kappa shape index (κ3) is 4.21. The van der Waals surface area contributed by atoms with Crippen LogP contribution in [0, 0.1) is 0 Å². The van der Waals surface area contributed by atoms with E-state index in [1.165, 1.54) is 0 Å². The lowest BCUT2D eigenvalue weighted by atomic mass is 10.2. The van der Waals surface area contributed by atoms with Gasteiger partial charge < -0.3 is 10.1 Å². The zero-order chi connectivity index (χ0) is 13.7. The molecular weight excluding hydrogens is 262 g/mol. The molecule has 0 aromatic heterocycles. The molecule has 1 atom stereocenters. The third-order valence-corrected chi connectivity index (χ3v) is 4.94. The van der Waals surface area contributed by atoms with Crippen LogP contribution in [-0.2, 0) is 16.4 Å². The van der Waals surface area contributed by atoms with E-state index in [1.807, 2.05) is 24.3 Å². The van der Waals surface area contributed by atoms with E-state index < -0.39 is 9.84 Å². The molecule has 106 valence electrons. The maximum atomic E-state index is 11.4. The number of hydrogen-bond donors (Lipinski definition) is 1. The Morgan fingerprint density at radius 3 is 2.84 bits per heavy atom. The fraction of sp³-hybridized carbons (Fsp3) is 0.571. The van der Waals surface area contributed by atoms with E-state index in [4.69, 9.17) is 4.74 Å². The van der Waals surface area contributed by atoms with E-state index in [-0.39, 0.29) is 17.6 Å². The van der Waals surface area contributed by atoms with E-state index in [1.54, 1.807) is 0 Å². The van der Waals surface area contributed by atoms with Gasteiger partial charge in [-0.15, -0.1) is 0 Å². The van der Waals surface area contributed by atoms with Gasteiger partial charge in [-0.25, -0.2) is 8.42 Å². The number of rotatable bonds is 6. The molecule has 1 aromatic carbocycles. The lowest BCUT2D eigenvalue weighted by Crippen LogP contribution is -2.20. The maximum absolute atomic E-state index is 11.4. The molecule has 1 unspecified atom stereocenters. The summed E-state index contributed by atoms with van der Waals surface area (Å²) in [5.41, 5.74) is 1.08. The molecule has 1 fully saturated rings. The zero-order valence-electron chi connectivity index (χ0n) is 11.3. The SMILES string of the molecule is CCCNCc1ccccc1OC1CCS(=O)(=O)C1. The van der Waals surface area contributed by atoms with Crippen LogP contribution in [0.15, 0.2) is 24.3 Å². The summed E-state index contributed by atoms with van der Waals surface area (Å²) in [6.45, 7) is 3.84. The highest BCUT2D eigenvalue weighted by atomic mass is 32.2. The van der Waals surface area contributed by atoms with Crippen LogP contribution in [0.3, 0.4) is 0 Å². The van der Waals surface area contributed by atoms with Crippen molar-refractivity contribution in [2.75, 3.05) is 18.1 Å². The predicted molar refractivity (Wildman–Crippen MR) is 76.1 cm³/mol. The summed E-state index contributed by atoms with van der Waals surface area (Å²) in [5.74, 6) is 1.19. The van der Waals surface area contributed by atoms with Gasteiger partial charge in [0.25, 0.3) is 0 Å². The summed E-state index contributed by atoms with van der Waals surface area (Å²) in [4.78, 5) is 0. The van der Waals surface area contributed by atoms with E-state index in [0.717, 1.165) is 30.8 Å². The van der Waals surface area contributed by atoms with Crippen molar-refractivity contribution < 1.29 is 13.2 Å². The Balaban J connectivity index is 1.99. The first-order valence-corrected chi connectivity index (χ1v) is 8.58. The summed E-state index contributed by atoms with van der Waals surface area (Å²) < 4.78 is 28.7. The monoisotopic (exact) mass is 283 g/mol.